The smallest absolute Gasteiger partial charge is 0.379 e. The van der Waals surface area contributed by atoms with Gasteiger partial charge < -0.3 is 32.1 Å². The van der Waals surface area contributed by atoms with E-state index in [1.54, 1.807) is 19.3 Å². The Morgan fingerprint density at radius 2 is 1.81 bits per heavy atom. The average Bonchev–Trinajstić information content (AvgIpc) is 3.50. The molecule has 1 aromatic heterocycles. The van der Waals surface area contributed by atoms with E-state index >= 15 is 0 Å². The van der Waals surface area contributed by atoms with Gasteiger partial charge in [-0.25, -0.2) is 12.6 Å². The second-order valence-corrected chi connectivity index (χ2v) is 12.1. The molecule has 43 heavy (non-hydrogen) atoms. The predicted molar refractivity (Wildman–Crippen MR) is 159 cm³/mol. The van der Waals surface area contributed by atoms with Crippen molar-refractivity contribution < 1.29 is 44.4 Å². The molecule has 13 heteroatoms. The first kappa shape index (κ1) is 30.7. The molecular formula is C30H31N2O9S2-. The third-order valence-electron chi connectivity index (χ3n) is 7.00. The van der Waals surface area contributed by atoms with Crippen molar-refractivity contribution in [2.24, 2.45) is 0 Å². The largest absolute Gasteiger partial charge is 0.750 e. The number of anilines is 1. The number of hydrogen-bond acceptors (Lipinski definition) is 10. The molecule has 1 aliphatic rings. The molecular weight excluding hydrogens is 596 g/mol. The Hall–Kier alpha value is -3.75. The highest BCUT2D eigenvalue weighted by atomic mass is 32.2. The van der Waals surface area contributed by atoms with Crippen LogP contribution in [0.2, 0.25) is 0 Å². The summed E-state index contributed by atoms with van der Waals surface area (Å²) in [6, 6.07) is 21.3. The Labute approximate surface area is 252 Å². The van der Waals surface area contributed by atoms with Gasteiger partial charge in [-0.2, -0.15) is 4.57 Å². The van der Waals surface area contributed by atoms with Crippen molar-refractivity contribution in [1.29, 1.82) is 0 Å². The minimum Gasteiger partial charge on any atom is -0.750 e. The van der Waals surface area contributed by atoms with E-state index in [0.29, 0.717) is 61.2 Å². The summed E-state index contributed by atoms with van der Waals surface area (Å²) < 4.78 is 79.6. The molecule has 0 bridgehead atoms. The summed E-state index contributed by atoms with van der Waals surface area (Å²) in [6.07, 6.45) is 3.55. The Morgan fingerprint density at radius 3 is 2.56 bits per heavy atom. The van der Waals surface area contributed by atoms with E-state index in [4.69, 9.17) is 13.9 Å². The van der Waals surface area contributed by atoms with E-state index in [1.807, 2.05) is 70.1 Å². The van der Waals surface area contributed by atoms with Crippen LogP contribution in [0.25, 0.3) is 28.3 Å². The number of ether oxygens (including phenoxy) is 2. The van der Waals surface area contributed by atoms with Crippen LogP contribution >= 0.6 is 0 Å². The molecule has 0 saturated heterocycles. The summed E-state index contributed by atoms with van der Waals surface area (Å²) in [7, 11) is -2.73. The van der Waals surface area contributed by atoms with E-state index in [-0.39, 0.29) is 13.0 Å². The van der Waals surface area contributed by atoms with E-state index in [0.717, 1.165) is 22.3 Å². The molecule has 0 spiro atoms. The number of oxazole rings is 1. The van der Waals surface area contributed by atoms with Gasteiger partial charge in [-0.3, -0.25) is 0 Å². The SMILES string of the molecule is COc1ccc2oc(/C=C3\Oc4ccc(-c5ccccc5)cc4N3CCCCS(=O)(=O)[O-])[n+](CCCCOS(=O)[O-])c2c1. The van der Waals surface area contributed by atoms with Crippen LogP contribution < -0.4 is 18.9 Å². The molecule has 11 nitrogen and oxygen atoms in total. The Morgan fingerprint density at radius 1 is 1.00 bits per heavy atom. The Kier molecular flexibility index (Phi) is 9.78. The third kappa shape index (κ3) is 7.80. The maximum absolute atomic E-state index is 11.2. The molecule has 0 fully saturated rings. The van der Waals surface area contributed by atoms with Gasteiger partial charge in [0, 0.05) is 18.7 Å². The summed E-state index contributed by atoms with van der Waals surface area (Å²) in [5, 5.41) is 0. The first-order valence-corrected chi connectivity index (χ1v) is 16.3. The zero-order valence-electron chi connectivity index (χ0n) is 23.5. The summed E-state index contributed by atoms with van der Waals surface area (Å²) >= 11 is -2.56. The standard InChI is InChI=1S/C30H32N2O9S2/c1-38-24-12-14-28-26(20-24)32(15-5-7-17-39-42(33)34)30(41-28)21-29-31(16-6-8-18-43(35,36)37)25-19-23(11-13-27(25)40-29)22-9-3-2-4-10-22/h2-4,9-14,19-21H,5-8,15-18H2,1H3,(H-,33,34,35,36,37)/p-1. The molecule has 3 aromatic carbocycles. The second kappa shape index (κ2) is 13.7. The lowest BCUT2D eigenvalue weighted by Crippen LogP contribution is -2.36. The Bertz CT molecular complexity index is 1740. The van der Waals surface area contributed by atoms with Crippen molar-refractivity contribution in [3.8, 4) is 22.6 Å². The number of nitrogens with zero attached hydrogens (tertiary/aromatic N) is 2. The molecule has 2 heterocycles. The van der Waals surface area contributed by atoms with Crippen LogP contribution in [0.4, 0.5) is 5.69 Å². The zero-order chi connectivity index (χ0) is 30.4. The molecule has 5 rings (SSSR count). The fourth-order valence-corrected chi connectivity index (χ4v) is 5.76. The van der Waals surface area contributed by atoms with Gasteiger partial charge in [0.25, 0.3) is 5.52 Å². The molecule has 1 aliphatic heterocycles. The molecule has 0 N–H and O–H groups in total. The van der Waals surface area contributed by atoms with E-state index in [1.165, 1.54) is 0 Å². The summed E-state index contributed by atoms with van der Waals surface area (Å²) in [5.41, 5.74) is 4.24. The summed E-state index contributed by atoms with van der Waals surface area (Å²) in [4.78, 5) is 1.95. The van der Waals surface area contributed by atoms with Crippen LogP contribution in [0.1, 0.15) is 31.6 Å². The number of hydrogen-bond donors (Lipinski definition) is 0. The number of aryl methyl sites for hydroxylation is 1. The molecule has 0 amide bonds. The van der Waals surface area contributed by atoms with Gasteiger partial charge in [0.1, 0.15) is 11.8 Å². The zero-order valence-corrected chi connectivity index (χ0v) is 25.1. The van der Waals surface area contributed by atoms with Crippen molar-refractivity contribution in [2.75, 3.05) is 30.9 Å². The fourth-order valence-electron chi connectivity index (χ4n) is 4.95. The highest BCUT2D eigenvalue weighted by Gasteiger charge is 2.30. The van der Waals surface area contributed by atoms with Crippen molar-refractivity contribution in [3.05, 3.63) is 78.5 Å². The second-order valence-electron chi connectivity index (χ2n) is 9.91. The first-order chi connectivity index (χ1) is 20.7. The van der Waals surface area contributed by atoms with Crippen LogP contribution in [0, 0.1) is 0 Å². The van der Waals surface area contributed by atoms with Crippen LogP contribution in [-0.4, -0.2) is 47.7 Å². The van der Waals surface area contributed by atoms with Crippen LogP contribution in [0.15, 0.2) is 77.0 Å². The lowest BCUT2D eigenvalue weighted by Gasteiger charge is -2.18. The van der Waals surface area contributed by atoms with Crippen molar-refractivity contribution in [1.82, 2.24) is 0 Å². The van der Waals surface area contributed by atoms with Gasteiger partial charge in [-0.15, -0.1) is 0 Å². The number of aromatic nitrogens is 1. The molecule has 0 aliphatic carbocycles. The maximum atomic E-state index is 11.2. The molecule has 228 valence electrons. The minimum atomic E-state index is -4.32. The first-order valence-electron chi connectivity index (χ1n) is 13.7. The molecule has 0 saturated carbocycles. The van der Waals surface area contributed by atoms with Gasteiger partial charge in [-0.05, 0) is 54.7 Å². The van der Waals surface area contributed by atoms with Gasteiger partial charge in [0.15, 0.2) is 12.3 Å². The fraction of sp³-hybridized carbons (Fsp3) is 0.300. The Balaban J connectivity index is 1.49. The van der Waals surface area contributed by atoms with E-state index in [2.05, 4.69) is 4.18 Å². The van der Waals surface area contributed by atoms with Crippen LogP contribution in [-0.2, 0) is 32.2 Å². The van der Waals surface area contributed by atoms with Gasteiger partial charge in [-0.1, -0.05) is 36.4 Å². The number of rotatable bonds is 14. The predicted octanol–water partition coefficient (Wildman–Crippen LogP) is 4.51. The molecule has 1 unspecified atom stereocenters. The maximum Gasteiger partial charge on any atom is 0.379 e. The average molecular weight is 628 g/mol. The van der Waals surface area contributed by atoms with Gasteiger partial charge >= 0.3 is 5.89 Å². The van der Waals surface area contributed by atoms with E-state index < -0.39 is 27.2 Å². The highest BCUT2D eigenvalue weighted by Crippen LogP contribution is 2.42. The molecule has 4 aromatic rings. The lowest BCUT2D eigenvalue weighted by atomic mass is 10.0. The summed E-state index contributed by atoms with van der Waals surface area (Å²) in [5.74, 6) is 1.82. The highest BCUT2D eigenvalue weighted by molar-refractivity contribution is 7.85. The van der Waals surface area contributed by atoms with Crippen LogP contribution in [0.5, 0.6) is 11.5 Å². The normalized spacial score (nSPS) is 14.7. The minimum absolute atomic E-state index is 0.0707. The molecule has 1 atom stereocenters. The summed E-state index contributed by atoms with van der Waals surface area (Å²) in [6.45, 7) is 0.978. The lowest BCUT2D eigenvalue weighted by molar-refractivity contribution is -0.678. The third-order valence-corrected chi connectivity index (χ3v) is 8.15. The van der Waals surface area contributed by atoms with Gasteiger partial charge in [0.2, 0.25) is 11.5 Å². The van der Waals surface area contributed by atoms with E-state index in [9.17, 15) is 21.7 Å². The number of benzene rings is 3. The van der Waals surface area contributed by atoms with Crippen LogP contribution in [0.3, 0.4) is 0 Å². The quantitative estimate of drug-likeness (QED) is 0.0847. The number of methoxy groups -OCH3 is 1. The van der Waals surface area contributed by atoms with Crippen molar-refractivity contribution in [3.63, 3.8) is 0 Å². The molecule has 0 radical (unpaired) electrons. The van der Waals surface area contributed by atoms with Crippen molar-refractivity contribution >= 4 is 44.3 Å². The number of fused-ring (bicyclic) bond motifs is 2. The topological polar surface area (TPSA) is 145 Å². The van der Waals surface area contributed by atoms with Gasteiger partial charge in [0.05, 0.1) is 46.9 Å². The monoisotopic (exact) mass is 627 g/mol. The van der Waals surface area contributed by atoms with Crippen molar-refractivity contribution in [2.45, 2.75) is 32.2 Å². The number of unbranched alkanes of at least 4 members (excludes halogenated alkanes) is 2.